The van der Waals surface area contributed by atoms with E-state index in [1.54, 1.807) is 6.07 Å². The molecule has 0 radical (unpaired) electrons. The maximum Gasteiger partial charge on any atom is 0.292 e. The third-order valence-corrected chi connectivity index (χ3v) is 2.39. The summed E-state index contributed by atoms with van der Waals surface area (Å²) < 4.78 is 10.1. The standard InChI is InChI=1S/C13H17NO4/c1-4-7-14-13(16)12(15)9-5-6-10(17-2)11(8-9)18-3/h5-6,8H,4,7H2,1-3H3,(H,14,16). The summed E-state index contributed by atoms with van der Waals surface area (Å²) in [6, 6.07) is 4.63. The molecule has 0 bridgehead atoms. The van der Waals surface area contributed by atoms with E-state index in [0.717, 1.165) is 6.42 Å². The van der Waals surface area contributed by atoms with Gasteiger partial charge in [-0.1, -0.05) is 6.92 Å². The van der Waals surface area contributed by atoms with E-state index in [-0.39, 0.29) is 5.56 Å². The largest absolute Gasteiger partial charge is 0.493 e. The Morgan fingerprint density at radius 1 is 1.17 bits per heavy atom. The summed E-state index contributed by atoms with van der Waals surface area (Å²) in [5.74, 6) is -0.247. The van der Waals surface area contributed by atoms with Gasteiger partial charge in [-0.25, -0.2) is 0 Å². The number of rotatable bonds is 6. The van der Waals surface area contributed by atoms with Crippen LogP contribution in [0.4, 0.5) is 0 Å². The number of ketones is 1. The quantitative estimate of drug-likeness (QED) is 0.613. The van der Waals surface area contributed by atoms with Gasteiger partial charge in [0.1, 0.15) is 0 Å². The van der Waals surface area contributed by atoms with Crippen molar-refractivity contribution in [1.29, 1.82) is 0 Å². The molecule has 5 heteroatoms. The van der Waals surface area contributed by atoms with E-state index in [1.165, 1.54) is 26.4 Å². The number of hydrogen-bond donors (Lipinski definition) is 1. The molecule has 0 heterocycles. The molecule has 0 atom stereocenters. The topological polar surface area (TPSA) is 64.6 Å². The Hall–Kier alpha value is -2.04. The Kier molecular flexibility index (Phi) is 5.17. The highest BCUT2D eigenvalue weighted by Crippen LogP contribution is 2.27. The van der Waals surface area contributed by atoms with Crippen LogP contribution in [0.15, 0.2) is 18.2 Å². The molecule has 0 aliphatic heterocycles. The summed E-state index contributed by atoms with van der Waals surface area (Å²) in [6.45, 7) is 2.40. The molecule has 98 valence electrons. The molecule has 0 fully saturated rings. The maximum atomic E-state index is 11.8. The van der Waals surface area contributed by atoms with Crippen LogP contribution < -0.4 is 14.8 Å². The predicted molar refractivity (Wildman–Crippen MR) is 67.2 cm³/mol. The predicted octanol–water partition coefficient (Wildman–Crippen LogP) is 1.41. The van der Waals surface area contributed by atoms with Crippen LogP contribution in [0.25, 0.3) is 0 Å². The van der Waals surface area contributed by atoms with E-state index < -0.39 is 11.7 Å². The Bertz CT molecular complexity index is 443. The van der Waals surface area contributed by atoms with Crippen LogP contribution in [0.3, 0.4) is 0 Å². The highest BCUT2D eigenvalue weighted by molar-refractivity contribution is 6.42. The average Bonchev–Trinajstić information content (AvgIpc) is 2.42. The molecule has 1 aromatic rings. The van der Waals surface area contributed by atoms with Gasteiger partial charge in [-0.05, 0) is 24.6 Å². The fourth-order valence-corrected chi connectivity index (χ4v) is 1.43. The molecule has 0 saturated heterocycles. The number of ether oxygens (including phenoxy) is 2. The maximum absolute atomic E-state index is 11.8. The van der Waals surface area contributed by atoms with Gasteiger partial charge in [-0.2, -0.15) is 0 Å². The molecular weight excluding hydrogens is 234 g/mol. The number of Topliss-reactive ketones (excluding diaryl/α,β-unsaturated/α-hetero) is 1. The molecule has 1 amide bonds. The van der Waals surface area contributed by atoms with Crippen molar-refractivity contribution < 1.29 is 19.1 Å². The minimum atomic E-state index is -0.607. The first-order valence-corrected chi connectivity index (χ1v) is 5.68. The van der Waals surface area contributed by atoms with Crippen molar-refractivity contribution in [1.82, 2.24) is 5.32 Å². The summed E-state index contributed by atoms with van der Waals surface area (Å²) in [6.07, 6.45) is 0.783. The Balaban J connectivity index is 2.89. The zero-order valence-electron chi connectivity index (χ0n) is 10.8. The van der Waals surface area contributed by atoms with Crippen LogP contribution in [0.2, 0.25) is 0 Å². The lowest BCUT2D eigenvalue weighted by atomic mass is 10.1. The molecule has 5 nitrogen and oxygen atoms in total. The fraction of sp³-hybridized carbons (Fsp3) is 0.385. The molecule has 0 aromatic heterocycles. The number of benzene rings is 1. The summed E-state index contributed by atoms with van der Waals surface area (Å²) >= 11 is 0. The number of nitrogens with one attached hydrogen (secondary N) is 1. The Morgan fingerprint density at radius 3 is 2.39 bits per heavy atom. The normalized spacial score (nSPS) is 9.72. The van der Waals surface area contributed by atoms with Gasteiger partial charge in [0, 0.05) is 12.1 Å². The zero-order chi connectivity index (χ0) is 13.5. The van der Waals surface area contributed by atoms with Crippen molar-refractivity contribution in [3.05, 3.63) is 23.8 Å². The van der Waals surface area contributed by atoms with E-state index in [4.69, 9.17) is 9.47 Å². The van der Waals surface area contributed by atoms with Crippen LogP contribution in [-0.2, 0) is 4.79 Å². The van der Waals surface area contributed by atoms with Gasteiger partial charge in [0.15, 0.2) is 11.5 Å². The summed E-state index contributed by atoms with van der Waals surface area (Å²) in [5, 5.41) is 2.54. The first-order chi connectivity index (χ1) is 8.63. The monoisotopic (exact) mass is 251 g/mol. The van der Waals surface area contributed by atoms with Gasteiger partial charge >= 0.3 is 0 Å². The van der Waals surface area contributed by atoms with Crippen LogP contribution >= 0.6 is 0 Å². The molecule has 0 aliphatic carbocycles. The van der Waals surface area contributed by atoms with E-state index in [2.05, 4.69) is 5.32 Å². The molecule has 1 N–H and O–H groups in total. The van der Waals surface area contributed by atoms with E-state index >= 15 is 0 Å². The van der Waals surface area contributed by atoms with Gasteiger partial charge in [-0.3, -0.25) is 9.59 Å². The van der Waals surface area contributed by atoms with Crippen LogP contribution in [-0.4, -0.2) is 32.5 Å². The van der Waals surface area contributed by atoms with Crippen LogP contribution in [0.1, 0.15) is 23.7 Å². The van der Waals surface area contributed by atoms with Crippen molar-refractivity contribution in [2.24, 2.45) is 0 Å². The molecule has 0 aliphatic rings. The first kappa shape index (κ1) is 14.0. The minimum absolute atomic E-state index is 0.279. The Morgan fingerprint density at radius 2 is 1.83 bits per heavy atom. The van der Waals surface area contributed by atoms with Gasteiger partial charge in [0.2, 0.25) is 5.78 Å². The van der Waals surface area contributed by atoms with E-state index in [0.29, 0.717) is 18.0 Å². The summed E-state index contributed by atoms with van der Waals surface area (Å²) in [4.78, 5) is 23.3. The Labute approximate surface area is 106 Å². The van der Waals surface area contributed by atoms with E-state index in [9.17, 15) is 9.59 Å². The molecule has 0 spiro atoms. The lowest BCUT2D eigenvalue weighted by molar-refractivity contribution is -0.116. The lowest BCUT2D eigenvalue weighted by Crippen LogP contribution is -2.31. The zero-order valence-corrected chi connectivity index (χ0v) is 10.8. The molecule has 1 aromatic carbocycles. The van der Waals surface area contributed by atoms with Gasteiger partial charge < -0.3 is 14.8 Å². The van der Waals surface area contributed by atoms with Crippen molar-refractivity contribution in [3.63, 3.8) is 0 Å². The third kappa shape index (κ3) is 3.23. The van der Waals surface area contributed by atoms with Gasteiger partial charge in [0.25, 0.3) is 5.91 Å². The molecular formula is C13H17NO4. The van der Waals surface area contributed by atoms with Crippen molar-refractivity contribution in [2.45, 2.75) is 13.3 Å². The second kappa shape index (κ2) is 6.64. The number of carbonyl (C=O) groups excluding carboxylic acids is 2. The van der Waals surface area contributed by atoms with Crippen molar-refractivity contribution in [3.8, 4) is 11.5 Å². The average molecular weight is 251 g/mol. The molecule has 0 saturated carbocycles. The smallest absolute Gasteiger partial charge is 0.292 e. The molecule has 1 rings (SSSR count). The molecule has 0 unspecified atom stereocenters. The van der Waals surface area contributed by atoms with E-state index in [1.807, 2.05) is 6.92 Å². The number of carbonyl (C=O) groups is 2. The number of amides is 1. The highest BCUT2D eigenvalue weighted by atomic mass is 16.5. The summed E-state index contributed by atoms with van der Waals surface area (Å²) in [5.41, 5.74) is 0.279. The molecule has 18 heavy (non-hydrogen) atoms. The third-order valence-electron chi connectivity index (χ3n) is 2.39. The van der Waals surface area contributed by atoms with Crippen LogP contribution in [0.5, 0.6) is 11.5 Å². The van der Waals surface area contributed by atoms with Crippen molar-refractivity contribution >= 4 is 11.7 Å². The SMILES string of the molecule is CCCNC(=O)C(=O)c1ccc(OC)c(OC)c1. The minimum Gasteiger partial charge on any atom is -0.493 e. The van der Waals surface area contributed by atoms with Crippen molar-refractivity contribution in [2.75, 3.05) is 20.8 Å². The number of methoxy groups -OCH3 is 2. The van der Waals surface area contributed by atoms with Gasteiger partial charge in [0.05, 0.1) is 14.2 Å². The van der Waals surface area contributed by atoms with Gasteiger partial charge in [-0.15, -0.1) is 0 Å². The van der Waals surface area contributed by atoms with Crippen LogP contribution in [0, 0.1) is 0 Å². The lowest BCUT2D eigenvalue weighted by Gasteiger charge is -2.09. The first-order valence-electron chi connectivity index (χ1n) is 5.68. The summed E-state index contributed by atoms with van der Waals surface area (Å²) in [7, 11) is 2.98. The highest BCUT2D eigenvalue weighted by Gasteiger charge is 2.17. The second-order valence-electron chi connectivity index (χ2n) is 3.65. The second-order valence-corrected chi connectivity index (χ2v) is 3.65. The number of hydrogen-bond acceptors (Lipinski definition) is 4. The fourth-order valence-electron chi connectivity index (χ4n) is 1.43.